The Kier molecular flexibility index (Phi) is 10.2. The predicted octanol–water partition coefficient (Wildman–Crippen LogP) is 5.51. The molecule has 1 aromatic carbocycles. The van der Waals surface area contributed by atoms with Crippen LogP contribution in [0.4, 0.5) is 8.78 Å². The van der Waals surface area contributed by atoms with E-state index in [0.717, 1.165) is 50.3 Å². The second kappa shape index (κ2) is 14.2. The summed E-state index contributed by atoms with van der Waals surface area (Å²) in [7, 11) is 0. The van der Waals surface area contributed by atoms with E-state index in [4.69, 9.17) is 15.9 Å². The molecule has 212 valence electrons. The lowest BCUT2D eigenvalue weighted by molar-refractivity contribution is -0.117. The Morgan fingerprint density at radius 2 is 2.02 bits per heavy atom. The lowest BCUT2D eigenvalue weighted by Gasteiger charge is -2.09. The van der Waals surface area contributed by atoms with Crippen LogP contribution < -0.4 is 16.4 Å². The van der Waals surface area contributed by atoms with Crippen LogP contribution in [0.5, 0.6) is 0 Å². The largest absolute Gasteiger partial charge is 0.492 e. The zero-order valence-electron chi connectivity index (χ0n) is 22.4. The number of nitrogens with zero attached hydrogens (tertiary/aromatic N) is 2. The van der Waals surface area contributed by atoms with Crippen LogP contribution in [0.2, 0.25) is 0 Å². The van der Waals surface area contributed by atoms with Crippen molar-refractivity contribution in [3.63, 3.8) is 0 Å². The smallest absolute Gasteiger partial charge is 0.253 e. The van der Waals surface area contributed by atoms with Crippen molar-refractivity contribution in [2.75, 3.05) is 13.2 Å². The number of fused-ring (bicyclic) bond motifs is 1. The first-order chi connectivity index (χ1) is 19.9. The molecule has 0 aliphatic heterocycles. The third-order valence-electron chi connectivity index (χ3n) is 6.07. The van der Waals surface area contributed by atoms with Gasteiger partial charge in [-0.05, 0) is 67.0 Å². The first-order valence-corrected chi connectivity index (χ1v) is 13.7. The van der Waals surface area contributed by atoms with Crippen molar-refractivity contribution in [3.05, 3.63) is 106 Å². The molecule has 0 saturated carbocycles. The average Bonchev–Trinajstić information content (AvgIpc) is 3.40. The second-order valence-corrected chi connectivity index (χ2v) is 10.0. The molecule has 1 amide bonds. The van der Waals surface area contributed by atoms with Crippen molar-refractivity contribution < 1.29 is 18.3 Å². The number of benzene rings is 1. The fourth-order valence-electron chi connectivity index (χ4n) is 4.04. The number of halogens is 2. The maximum Gasteiger partial charge on any atom is 0.253 e. The van der Waals surface area contributed by atoms with Crippen molar-refractivity contribution in [2.45, 2.75) is 26.4 Å². The number of hydrogen-bond donors (Lipinski definition) is 4. The fraction of sp³-hybridized carbons (Fsp3) is 0.200. The van der Waals surface area contributed by atoms with Gasteiger partial charge in [0.05, 0.1) is 29.6 Å². The van der Waals surface area contributed by atoms with Gasteiger partial charge in [0.1, 0.15) is 12.1 Å². The van der Waals surface area contributed by atoms with Gasteiger partial charge in [0.2, 0.25) is 0 Å². The molecule has 0 fully saturated rings. The Hall–Kier alpha value is -4.48. The molecule has 1 aliphatic carbocycles. The number of carbonyl (C=O) groups excluding carboxylic acids is 1. The fourth-order valence-corrected chi connectivity index (χ4v) is 5.00. The number of amides is 1. The van der Waals surface area contributed by atoms with Crippen LogP contribution in [0.1, 0.15) is 23.9 Å². The molecule has 0 spiro atoms. The maximum absolute atomic E-state index is 13.8. The first kappa shape index (κ1) is 29.5. The molecule has 2 aromatic heterocycles. The Balaban J connectivity index is 1.47. The minimum atomic E-state index is -0.977. The second-order valence-electron chi connectivity index (χ2n) is 8.87. The van der Waals surface area contributed by atoms with E-state index in [1.54, 1.807) is 24.3 Å². The predicted molar refractivity (Wildman–Crippen MR) is 158 cm³/mol. The maximum atomic E-state index is 13.8. The van der Waals surface area contributed by atoms with Gasteiger partial charge in [-0.2, -0.15) is 0 Å². The summed E-state index contributed by atoms with van der Waals surface area (Å²) in [4.78, 5) is 23.7. The molecule has 3 aromatic rings. The van der Waals surface area contributed by atoms with Crippen molar-refractivity contribution in [1.82, 2.24) is 20.6 Å². The van der Waals surface area contributed by atoms with E-state index in [-0.39, 0.29) is 24.3 Å². The molecule has 2 heterocycles. The zero-order chi connectivity index (χ0) is 29.2. The van der Waals surface area contributed by atoms with Crippen molar-refractivity contribution in [3.8, 4) is 10.4 Å². The van der Waals surface area contributed by atoms with Crippen LogP contribution in [0.15, 0.2) is 95.7 Å². The summed E-state index contributed by atoms with van der Waals surface area (Å²) in [6, 6.07) is 10.0. The van der Waals surface area contributed by atoms with Gasteiger partial charge in [-0.1, -0.05) is 12.1 Å². The molecule has 0 saturated heterocycles. The minimum absolute atomic E-state index is 0.00403. The number of hydrogen-bond acceptors (Lipinski definition) is 8. The topological polar surface area (TPSA) is 126 Å². The van der Waals surface area contributed by atoms with E-state index in [2.05, 4.69) is 20.6 Å². The van der Waals surface area contributed by atoms with Gasteiger partial charge in [0.15, 0.2) is 11.7 Å². The van der Waals surface area contributed by atoms with Crippen LogP contribution in [-0.2, 0) is 22.6 Å². The van der Waals surface area contributed by atoms with Crippen LogP contribution in [0.3, 0.4) is 0 Å². The van der Waals surface area contributed by atoms with E-state index < -0.39 is 17.6 Å². The molecule has 11 heteroatoms. The molecule has 5 N–H and O–H groups in total. The summed E-state index contributed by atoms with van der Waals surface area (Å²) in [6.07, 6.45) is 9.58. The Morgan fingerprint density at radius 1 is 1.17 bits per heavy atom. The standard InChI is InChI=1S/C30H30F2N6O2S/c1-2-40-22(13-33)11-21(30(39)36-15-19-4-3-5-25(31)26(32)10-19)16-35-17-23-7-9-29(41-23)20-6-8-27-24(12-20)28(14-34)38-18-37-27/h4-13,16,18,33,35H,2-3,14-15,17,34H2,1H3,(H,36,39)/b21-16-,22-11+,33-13?. The SMILES string of the molecule is CCO/C(C=N)=C/C(=C/NCc1ccc(-c2ccc3ncnc(CN)c3c2)s1)C(=O)NCC1=CCC=C(F)C(F)=C1. The molecule has 0 radical (unpaired) electrons. The Labute approximate surface area is 240 Å². The van der Waals surface area contributed by atoms with Crippen LogP contribution in [0.25, 0.3) is 21.3 Å². The van der Waals surface area contributed by atoms with Gasteiger partial charge < -0.3 is 26.5 Å². The molecule has 0 unspecified atom stereocenters. The molecule has 41 heavy (non-hydrogen) atoms. The van der Waals surface area contributed by atoms with Crippen molar-refractivity contribution in [2.24, 2.45) is 5.73 Å². The summed E-state index contributed by atoms with van der Waals surface area (Å²) in [6.45, 7) is 2.87. The highest BCUT2D eigenvalue weighted by Crippen LogP contribution is 2.31. The van der Waals surface area contributed by atoms with E-state index in [1.165, 1.54) is 18.6 Å². The third kappa shape index (κ3) is 7.80. The van der Waals surface area contributed by atoms with Gasteiger partial charge in [-0.15, -0.1) is 11.3 Å². The van der Waals surface area contributed by atoms with Gasteiger partial charge in [-0.25, -0.2) is 18.7 Å². The van der Waals surface area contributed by atoms with E-state index in [9.17, 15) is 13.6 Å². The minimum Gasteiger partial charge on any atom is -0.492 e. The molecule has 4 rings (SSSR count). The van der Waals surface area contributed by atoms with Crippen molar-refractivity contribution >= 4 is 34.4 Å². The number of carbonyl (C=O) groups is 1. The number of thiophene rings is 1. The normalized spacial score (nSPS) is 14.1. The number of nitrogens with one attached hydrogen (secondary N) is 3. The molecular weight excluding hydrogens is 546 g/mol. The third-order valence-corrected chi connectivity index (χ3v) is 7.21. The molecule has 1 aliphatic rings. The van der Waals surface area contributed by atoms with Crippen LogP contribution in [-0.4, -0.2) is 35.2 Å². The molecule has 0 atom stereocenters. The Morgan fingerprint density at radius 3 is 2.80 bits per heavy atom. The van der Waals surface area contributed by atoms with E-state index in [0.29, 0.717) is 25.3 Å². The number of nitrogens with two attached hydrogens (primary N) is 1. The summed E-state index contributed by atoms with van der Waals surface area (Å²) >= 11 is 1.60. The van der Waals surface area contributed by atoms with Crippen LogP contribution in [0, 0.1) is 5.41 Å². The summed E-state index contributed by atoms with van der Waals surface area (Å²) < 4.78 is 32.7. The molecule has 8 nitrogen and oxygen atoms in total. The number of allylic oxidation sites excluding steroid dienone is 5. The van der Waals surface area contributed by atoms with Gasteiger partial charge in [0, 0.05) is 41.0 Å². The summed E-state index contributed by atoms with van der Waals surface area (Å²) in [5, 5.41) is 14.4. The summed E-state index contributed by atoms with van der Waals surface area (Å²) in [5.74, 6) is -2.16. The highest BCUT2D eigenvalue weighted by atomic mass is 32.1. The van der Waals surface area contributed by atoms with Crippen molar-refractivity contribution in [1.29, 1.82) is 5.41 Å². The molecule has 0 bridgehead atoms. The summed E-state index contributed by atoms with van der Waals surface area (Å²) in [5.41, 5.74) is 9.15. The highest BCUT2D eigenvalue weighted by Gasteiger charge is 2.13. The first-order valence-electron chi connectivity index (χ1n) is 12.9. The van der Waals surface area contributed by atoms with Gasteiger partial charge >= 0.3 is 0 Å². The number of rotatable bonds is 12. The lowest BCUT2D eigenvalue weighted by Crippen LogP contribution is -2.27. The quantitative estimate of drug-likeness (QED) is 0.0975. The Bertz CT molecular complexity index is 1590. The van der Waals surface area contributed by atoms with Gasteiger partial charge in [0.25, 0.3) is 5.91 Å². The average molecular weight is 577 g/mol. The molecular formula is C30H30F2N6O2S. The number of aromatic nitrogens is 2. The van der Waals surface area contributed by atoms with Gasteiger partial charge in [-0.3, -0.25) is 4.79 Å². The number of ether oxygens (including phenoxy) is 1. The highest BCUT2D eigenvalue weighted by molar-refractivity contribution is 7.15. The van der Waals surface area contributed by atoms with E-state index >= 15 is 0 Å². The monoisotopic (exact) mass is 576 g/mol. The lowest BCUT2D eigenvalue weighted by atomic mass is 10.1. The van der Waals surface area contributed by atoms with Crippen LogP contribution >= 0.6 is 11.3 Å². The zero-order valence-corrected chi connectivity index (χ0v) is 23.2. The van der Waals surface area contributed by atoms with E-state index in [1.807, 2.05) is 30.3 Å².